The lowest BCUT2D eigenvalue weighted by molar-refractivity contribution is 0.169. The Kier molecular flexibility index (Phi) is 6.18. The third-order valence-corrected chi connectivity index (χ3v) is 7.88. The Morgan fingerprint density at radius 3 is 2.12 bits per heavy atom. The quantitative estimate of drug-likeness (QED) is 0.513. The van der Waals surface area contributed by atoms with Crippen molar-refractivity contribution in [2.24, 2.45) is 11.8 Å². The number of benzene rings is 1. The molecule has 4 rings (SSSR count). The van der Waals surface area contributed by atoms with Gasteiger partial charge in [0.05, 0.1) is 0 Å². The Labute approximate surface area is 161 Å². The van der Waals surface area contributed by atoms with Crippen LogP contribution in [-0.4, -0.2) is 0 Å². The van der Waals surface area contributed by atoms with Crippen molar-refractivity contribution in [3.63, 3.8) is 0 Å². The summed E-state index contributed by atoms with van der Waals surface area (Å²) in [6, 6.07) is 7.51. The molecule has 142 valence electrons. The molecular formula is C26H38. The monoisotopic (exact) mass is 350 g/mol. The summed E-state index contributed by atoms with van der Waals surface area (Å²) < 4.78 is 0. The van der Waals surface area contributed by atoms with Gasteiger partial charge in [-0.05, 0) is 66.0 Å². The topological polar surface area (TPSA) is 0 Å². The van der Waals surface area contributed by atoms with E-state index < -0.39 is 0 Å². The van der Waals surface area contributed by atoms with Gasteiger partial charge in [0.25, 0.3) is 0 Å². The van der Waals surface area contributed by atoms with Crippen LogP contribution >= 0.6 is 0 Å². The zero-order valence-corrected chi connectivity index (χ0v) is 16.7. The molecule has 0 radical (unpaired) electrons. The molecule has 3 aliphatic rings. The van der Waals surface area contributed by atoms with Gasteiger partial charge >= 0.3 is 0 Å². The summed E-state index contributed by atoms with van der Waals surface area (Å²) in [7, 11) is 0. The maximum atomic E-state index is 4.12. The number of rotatable bonds is 4. The van der Waals surface area contributed by atoms with Crippen LogP contribution in [0, 0.1) is 11.8 Å². The lowest BCUT2D eigenvalue weighted by atomic mass is 9.65. The molecule has 2 atom stereocenters. The minimum absolute atomic E-state index is 0.786. The van der Waals surface area contributed by atoms with Crippen LogP contribution in [0.25, 0.3) is 6.08 Å². The van der Waals surface area contributed by atoms with E-state index in [4.69, 9.17) is 0 Å². The Hall–Kier alpha value is -1.04. The molecule has 1 aromatic carbocycles. The Morgan fingerprint density at radius 1 is 0.731 bits per heavy atom. The fourth-order valence-electron chi connectivity index (χ4n) is 6.48. The fourth-order valence-corrected chi connectivity index (χ4v) is 6.48. The van der Waals surface area contributed by atoms with E-state index in [1.54, 1.807) is 11.1 Å². The number of hydrogen-bond donors (Lipinski definition) is 0. The largest absolute Gasteiger partial charge is 0.0985 e. The highest BCUT2D eigenvalue weighted by Crippen LogP contribution is 2.47. The summed E-state index contributed by atoms with van der Waals surface area (Å²) in [5.41, 5.74) is 4.71. The third-order valence-electron chi connectivity index (χ3n) is 7.88. The van der Waals surface area contributed by atoms with Gasteiger partial charge in [-0.25, -0.2) is 0 Å². The molecule has 26 heavy (non-hydrogen) atoms. The van der Waals surface area contributed by atoms with Gasteiger partial charge in [0.15, 0.2) is 0 Å². The summed E-state index contributed by atoms with van der Waals surface area (Å²) in [4.78, 5) is 0. The summed E-state index contributed by atoms with van der Waals surface area (Å²) in [5, 5.41) is 0. The summed E-state index contributed by atoms with van der Waals surface area (Å²) >= 11 is 0. The molecule has 0 saturated heterocycles. The molecule has 3 fully saturated rings. The molecule has 0 heteroatoms. The Bertz CT molecular complexity index is 586. The first-order valence-electron chi connectivity index (χ1n) is 11.6. The molecule has 3 saturated carbocycles. The molecular weight excluding hydrogens is 312 g/mol. The Balaban J connectivity index is 1.61. The highest BCUT2D eigenvalue weighted by Gasteiger charge is 2.33. The predicted molar refractivity (Wildman–Crippen MR) is 114 cm³/mol. The number of hydrogen-bond acceptors (Lipinski definition) is 0. The molecule has 0 amide bonds. The predicted octanol–water partition coefficient (Wildman–Crippen LogP) is 8.23. The molecule has 0 spiro atoms. The normalized spacial score (nSPS) is 28.8. The van der Waals surface area contributed by atoms with Gasteiger partial charge in [0, 0.05) is 0 Å². The van der Waals surface area contributed by atoms with Gasteiger partial charge in [-0.2, -0.15) is 0 Å². The second-order valence-electron chi connectivity index (χ2n) is 9.38. The van der Waals surface area contributed by atoms with Crippen molar-refractivity contribution < 1.29 is 0 Å². The van der Waals surface area contributed by atoms with E-state index in [2.05, 4.69) is 30.9 Å². The molecule has 3 aliphatic carbocycles. The van der Waals surface area contributed by atoms with Gasteiger partial charge in [-0.1, -0.05) is 95.1 Å². The molecule has 2 unspecified atom stereocenters. The molecule has 1 aromatic rings. The van der Waals surface area contributed by atoms with Crippen LogP contribution in [0.1, 0.15) is 118 Å². The van der Waals surface area contributed by atoms with Crippen LogP contribution in [-0.2, 0) is 0 Å². The standard InChI is InChI=1S/C26H38/c1-2-20-17-18-23(19-26(20)22-13-7-4-8-14-22)25-16-10-9-15-24(25)21-11-5-3-6-12-21/h2,17-19,21-22,24-25H,1,3-16H2. The fraction of sp³-hybridized carbons (Fsp3) is 0.692. The zero-order chi connectivity index (χ0) is 17.8. The van der Waals surface area contributed by atoms with E-state index in [0.717, 1.165) is 23.7 Å². The van der Waals surface area contributed by atoms with Gasteiger partial charge in [-0.3, -0.25) is 0 Å². The van der Waals surface area contributed by atoms with Gasteiger partial charge in [0.1, 0.15) is 0 Å². The molecule has 0 nitrogen and oxygen atoms in total. The summed E-state index contributed by atoms with van der Waals surface area (Å²) in [6.07, 6.45) is 22.4. The van der Waals surface area contributed by atoms with Crippen molar-refractivity contribution in [2.75, 3.05) is 0 Å². The lowest BCUT2D eigenvalue weighted by Crippen LogP contribution is -2.27. The van der Waals surface area contributed by atoms with E-state index in [1.165, 1.54) is 95.5 Å². The first kappa shape index (κ1) is 18.3. The Morgan fingerprint density at radius 2 is 1.38 bits per heavy atom. The molecule has 0 aliphatic heterocycles. The second-order valence-corrected chi connectivity index (χ2v) is 9.38. The van der Waals surface area contributed by atoms with Gasteiger partial charge in [-0.15, -0.1) is 0 Å². The smallest absolute Gasteiger partial charge is 0.0131 e. The van der Waals surface area contributed by atoms with Crippen molar-refractivity contribution in [3.05, 3.63) is 41.5 Å². The van der Waals surface area contributed by atoms with E-state index in [1.807, 2.05) is 0 Å². The van der Waals surface area contributed by atoms with E-state index in [9.17, 15) is 0 Å². The minimum Gasteiger partial charge on any atom is -0.0985 e. The first-order valence-corrected chi connectivity index (χ1v) is 11.6. The average molecular weight is 351 g/mol. The van der Waals surface area contributed by atoms with Crippen LogP contribution in [0.15, 0.2) is 24.8 Å². The van der Waals surface area contributed by atoms with Gasteiger partial charge < -0.3 is 0 Å². The lowest BCUT2D eigenvalue weighted by Gasteiger charge is -2.40. The van der Waals surface area contributed by atoms with E-state index in [-0.39, 0.29) is 0 Å². The highest BCUT2D eigenvalue weighted by molar-refractivity contribution is 5.54. The second kappa shape index (κ2) is 8.77. The first-order chi connectivity index (χ1) is 12.9. The SMILES string of the molecule is C=Cc1ccc(C2CCCCC2C2CCCCC2)cc1C1CCCCC1. The molecule has 0 bridgehead atoms. The van der Waals surface area contributed by atoms with Crippen LogP contribution in [0.2, 0.25) is 0 Å². The van der Waals surface area contributed by atoms with Crippen molar-refractivity contribution in [1.82, 2.24) is 0 Å². The van der Waals surface area contributed by atoms with Crippen molar-refractivity contribution in [2.45, 2.75) is 102 Å². The van der Waals surface area contributed by atoms with Crippen LogP contribution in [0.4, 0.5) is 0 Å². The van der Waals surface area contributed by atoms with Crippen LogP contribution in [0.3, 0.4) is 0 Å². The maximum Gasteiger partial charge on any atom is -0.0131 e. The van der Waals surface area contributed by atoms with Crippen molar-refractivity contribution in [3.8, 4) is 0 Å². The third kappa shape index (κ3) is 3.95. The maximum absolute atomic E-state index is 4.12. The molecule has 0 heterocycles. The van der Waals surface area contributed by atoms with Crippen LogP contribution in [0.5, 0.6) is 0 Å². The van der Waals surface area contributed by atoms with Crippen molar-refractivity contribution in [1.29, 1.82) is 0 Å². The summed E-state index contributed by atoms with van der Waals surface area (Å²) in [5.74, 6) is 3.57. The van der Waals surface area contributed by atoms with Gasteiger partial charge in [0.2, 0.25) is 0 Å². The zero-order valence-electron chi connectivity index (χ0n) is 16.7. The van der Waals surface area contributed by atoms with E-state index in [0.29, 0.717) is 0 Å². The molecule has 0 N–H and O–H groups in total. The van der Waals surface area contributed by atoms with E-state index >= 15 is 0 Å². The van der Waals surface area contributed by atoms with Crippen molar-refractivity contribution >= 4 is 6.08 Å². The highest BCUT2D eigenvalue weighted by atomic mass is 14.4. The van der Waals surface area contributed by atoms with Crippen LogP contribution < -0.4 is 0 Å². The minimum atomic E-state index is 0.786. The summed E-state index contributed by atoms with van der Waals surface area (Å²) in [6.45, 7) is 4.12. The average Bonchev–Trinajstić information content (AvgIpc) is 2.74. The molecule has 0 aromatic heterocycles.